The van der Waals surface area contributed by atoms with Crippen molar-refractivity contribution >= 4 is 0 Å². The van der Waals surface area contributed by atoms with Gasteiger partial charge in [-0.05, 0) is 44.2 Å². The molecule has 2 aromatic carbocycles. The zero-order valence-electron chi connectivity index (χ0n) is 14.0. The average Bonchev–Trinajstić information content (AvgIpc) is 2.60. The summed E-state index contributed by atoms with van der Waals surface area (Å²) in [5, 5.41) is 9.58. The van der Waals surface area contributed by atoms with Crippen LogP contribution in [-0.4, -0.2) is 6.10 Å². The van der Waals surface area contributed by atoms with Gasteiger partial charge in [0.15, 0.2) is 0 Å². The molecule has 2 atom stereocenters. The average molecular weight is 307 g/mol. The zero-order chi connectivity index (χ0) is 16.5. The first-order valence-corrected chi connectivity index (χ1v) is 8.22. The third-order valence-corrected chi connectivity index (χ3v) is 4.19. The second-order valence-electron chi connectivity index (χ2n) is 6.48. The molecule has 0 fully saturated rings. The molecule has 0 aliphatic heterocycles. The topological polar surface area (TPSA) is 33.0 Å². The lowest BCUT2D eigenvalue weighted by Gasteiger charge is -2.23. The van der Waals surface area contributed by atoms with Crippen molar-refractivity contribution in [2.24, 2.45) is 5.41 Å². The molecule has 120 valence electrons. The van der Waals surface area contributed by atoms with E-state index in [-0.39, 0.29) is 11.5 Å². The number of nitriles is 1. The van der Waals surface area contributed by atoms with Crippen LogP contribution in [-0.2, 0) is 17.8 Å². The van der Waals surface area contributed by atoms with E-state index in [4.69, 9.17) is 4.74 Å². The first-order chi connectivity index (χ1) is 11.1. The molecular weight excluding hydrogens is 282 g/mol. The van der Waals surface area contributed by atoms with Gasteiger partial charge in [-0.15, -0.1) is 0 Å². The molecule has 2 heteroatoms. The van der Waals surface area contributed by atoms with Crippen LogP contribution in [0.25, 0.3) is 0 Å². The smallest absolute Gasteiger partial charge is 0.0720 e. The van der Waals surface area contributed by atoms with Gasteiger partial charge < -0.3 is 4.74 Å². The van der Waals surface area contributed by atoms with Crippen molar-refractivity contribution in [3.63, 3.8) is 0 Å². The van der Waals surface area contributed by atoms with Crippen molar-refractivity contribution in [3.8, 4) is 6.07 Å². The minimum atomic E-state index is -0.342. The predicted molar refractivity (Wildman–Crippen MR) is 93.8 cm³/mol. The number of nitrogens with zero attached hydrogens (tertiary/aromatic N) is 1. The van der Waals surface area contributed by atoms with Crippen molar-refractivity contribution < 1.29 is 4.74 Å². The van der Waals surface area contributed by atoms with Crippen LogP contribution >= 0.6 is 0 Å². The molecule has 2 aromatic rings. The molecule has 0 spiro atoms. The van der Waals surface area contributed by atoms with Crippen LogP contribution in [0.15, 0.2) is 60.7 Å². The Bertz CT molecular complexity index is 617. The molecule has 0 N–H and O–H groups in total. The van der Waals surface area contributed by atoms with E-state index in [9.17, 15) is 5.26 Å². The summed E-state index contributed by atoms with van der Waals surface area (Å²) in [6.07, 6.45) is 2.67. The Balaban J connectivity index is 1.81. The maximum Gasteiger partial charge on any atom is 0.0720 e. The van der Waals surface area contributed by atoms with Crippen LogP contribution in [0.3, 0.4) is 0 Å². The third kappa shape index (κ3) is 5.88. The third-order valence-electron chi connectivity index (χ3n) is 4.19. The Morgan fingerprint density at radius 1 is 1.00 bits per heavy atom. The lowest BCUT2D eigenvalue weighted by molar-refractivity contribution is 0.0412. The highest BCUT2D eigenvalue weighted by Gasteiger charge is 2.25. The van der Waals surface area contributed by atoms with E-state index < -0.39 is 0 Å². The highest BCUT2D eigenvalue weighted by atomic mass is 16.5. The minimum absolute atomic E-state index is 0.152. The van der Waals surface area contributed by atoms with Crippen LogP contribution in [0.4, 0.5) is 0 Å². The number of benzene rings is 2. The molecule has 0 aromatic heterocycles. The van der Waals surface area contributed by atoms with Crippen LogP contribution in [0.5, 0.6) is 0 Å². The normalized spacial score (nSPS) is 14.7. The fourth-order valence-corrected chi connectivity index (χ4v) is 2.65. The summed E-state index contributed by atoms with van der Waals surface area (Å²) in [7, 11) is 0. The Hall–Kier alpha value is -2.11. The molecule has 0 saturated heterocycles. The molecule has 0 heterocycles. The van der Waals surface area contributed by atoms with Crippen LogP contribution in [0.2, 0.25) is 0 Å². The van der Waals surface area contributed by atoms with Gasteiger partial charge in [-0.25, -0.2) is 0 Å². The first kappa shape index (κ1) is 17.2. The first-order valence-electron chi connectivity index (χ1n) is 8.22. The van der Waals surface area contributed by atoms with Gasteiger partial charge in [0, 0.05) is 0 Å². The van der Waals surface area contributed by atoms with Gasteiger partial charge >= 0.3 is 0 Å². The molecule has 0 aliphatic carbocycles. The second-order valence-corrected chi connectivity index (χ2v) is 6.48. The fraction of sp³-hybridized carbons (Fsp3) is 0.381. The zero-order valence-corrected chi connectivity index (χ0v) is 14.0. The van der Waals surface area contributed by atoms with Gasteiger partial charge in [-0.2, -0.15) is 5.26 Å². The van der Waals surface area contributed by atoms with Gasteiger partial charge in [0.2, 0.25) is 0 Å². The summed E-state index contributed by atoms with van der Waals surface area (Å²) in [5.74, 6) is 0. The van der Waals surface area contributed by atoms with Gasteiger partial charge in [-0.3, -0.25) is 0 Å². The maximum absolute atomic E-state index is 9.58. The summed E-state index contributed by atoms with van der Waals surface area (Å²) in [6, 6.07) is 22.9. The van der Waals surface area contributed by atoms with E-state index in [0.717, 1.165) is 19.3 Å². The molecule has 0 bridgehead atoms. The summed E-state index contributed by atoms with van der Waals surface area (Å²) in [6.45, 7) is 4.76. The van der Waals surface area contributed by atoms with E-state index >= 15 is 0 Å². The van der Waals surface area contributed by atoms with Crippen LogP contribution in [0.1, 0.15) is 37.8 Å². The highest BCUT2D eigenvalue weighted by Crippen LogP contribution is 2.28. The van der Waals surface area contributed by atoms with E-state index in [1.54, 1.807) is 0 Å². The Morgan fingerprint density at radius 2 is 1.57 bits per heavy atom. The SMILES string of the molecule is CC(CCC(C)(C#N)Cc1ccccc1)OCc1ccccc1. The van der Waals surface area contributed by atoms with Crippen molar-refractivity contribution in [1.82, 2.24) is 0 Å². The Morgan fingerprint density at radius 3 is 2.13 bits per heavy atom. The summed E-state index contributed by atoms with van der Waals surface area (Å²) in [4.78, 5) is 0. The molecular formula is C21H25NO. The minimum Gasteiger partial charge on any atom is -0.374 e. The van der Waals surface area contributed by atoms with Crippen molar-refractivity contribution in [3.05, 3.63) is 71.8 Å². The molecule has 2 rings (SSSR count). The summed E-state index contributed by atoms with van der Waals surface area (Å²) >= 11 is 0. The highest BCUT2D eigenvalue weighted by molar-refractivity contribution is 5.18. The molecule has 2 nitrogen and oxygen atoms in total. The molecule has 23 heavy (non-hydrogen) atoms. The predicted octanol–water partition coefficient (Wildman–Crippen LogP) is 5.14. The van der Waals surface area contributed by atoms with E-state index in [1.807, 2.05) is 43.3 Å². The van der Waals surface area contributed by atoms with Crippen LogP contribution < -0.4 is 0 Å². The molecule has 0 aliphatic rings. The number of rotatable bonds is 8. The molecule has 2 unspecified atom stereocenters. The fourth-order valence-electron chi connectivity index (χ4n) is 2.65. The van der Waals surface area contributed by atoms with Crippen molar-refractivity contribution in [2.75, 3.05) is 0 Å². The van der Waals surface area contributed by atoms with Gasteiger partial charge in [0.25, 0.3) is 0 Å². The van der Waals surface area contributed by atoms with E-state index in [1.165, 1.54) is 11.1 Å². The lowest BCUT2D eigenvalue weighted by Crippen LogP contribution is -2.20. The van der Waals surface area contributed by atoms with Gasteiger partial charge in [0.05, 0.1) is 24.2 Å². The standard InChI is InChI=1S/C21H25NO/c1-18(23-16-20-11-7-4-8-12-20)13-14-21(2,17-22)15-19-9-5-3-6-10-19/h3-12,18H,13-16H2,1-2H3. The number of hydrogen-bond acceptors (Lipinski definition) is 2. The van der Waals surface area contributed by atoms with Gasteiger partial charge in [-0.1, -0.05) is 60.7 Å². The molecule has 0 radical (unpaired) electrons. The quantitative estimate of drug-likeness (QED) is 0.676. The molecule has 0 amide bonds. The second kappa shape index (κ2) is 8.50. The van der Waals surface area contributed by atoms with Crippen LogP contribution in [0, 0.1) is 16.7 Å². The number of ether oxygens (including phenoxy) is 1. The maximum atomic E-state index is 9.58. The van der Waals surface area contributed by atoms with Gasteiger partial charge in [0.1, 0.15) is 0 Å². The summed E-state index contributed by atoms with van der Waals surface area (Å²) in [5.41, 5.74) is 2.06. The summed E-state index contributed by atoms with van der Waals surface area (Å²) < 4.78 is 5.91. The van der Waals surface area contributed by atoms with E-state index in [0.29, 0.717) is 6.61 Å². The molecule has 0 saturated carbocycles. The Kier molecular flexibility index (Phi) is 6.38. The Labute approximate surface area is 139 Å². The van der Waals surface area contributed by atoms with Crippen molar-refractivity contribution in [1.29, 1.82) is 5.26 Å². The van der Waals surface area contributed by atoms with E-state index in [2.05, 4.69) is 37.3 Å². The lowest BCUT2D eigenvalue weighted by atomic mass is 9.80. The monoisotopic (exact) mass is 307 g/mol. The largest absolute Gasteiger partial charge is 0.374 e. The number of hydrogen-bond donors (Lipinski definition) is 0. The van der Waals surface area contributed by atoms with Crippen molar-refractivity contribution in [2.45, 2.75) is 45.8 Å².